The Bertz CT molecular complexity index is 1450. The molecule has 2 heterocycles. The first kappa shape index (κ1) is 25.5. The molecule has 1 aliphatic rings. The summed E-state index contributed by atoms with van der Waals surface area (Å²) in [5, 5.41) is 8.62. The molecule has 1 aliphatic heterocycles. The fourth-order valence-electron chi connectivity index (χ4n) is 3.55. The lowest BCUT2D eigenvalue weighted by molar-refractivity contribution is 0.0950. The van der Waals surface area contributed by atoms with Crippen molar-refractivity contribution in [3.05, 3.63) is 65.4 Å². The van der Waals surface area contributed by atoms with Crippen molar-refractivity contribution in [3.8, 4) is 5.75 Å². The summed E-state index contributed by atoms with van der Waals surface area (Å²) >= 11 is 0. The summed E-state index contributed by atoms with van der Waals surface area (Å²) in [6.07, 6.45) is -0.798. The average Bonchev–Trinajstić information content (AvgIpc) is 3.35. The van der Waals surface area contributed by atoms with Crippen molar-refractivity contribution in [1.29, 1.82) is 0 Å². The zero-order valence-corrected chi connectivity index (χ0v) is 20.9. The van der Waals surface area contributed by atoms with E-state index in [9.17, 15) is 22.8 Å². The molecule has 4 rings (SSSR count). The highest BCUT2D eigenvalue weighted by molar-refractivity contribution is 7.90. The van der Waals surface area contributed by atoms with Crippen molar-refractivity contribution in [2.45, 2.75) is 18.0 Å². The Balaban J connectivity index is 1.55. The number of hydrogen-bond acceptors (Lipinski definition) is 9. The van der Waals surface area contributed by atoms with Crippen LogP contribution in [0.4, 0.5) is 21.1 Å². The molecule has 13 nitrogen and oxygen atoms in total. The quantitative estimate of drug-likeness (QED) is 0.469. The standard InChI is InChI=1S/C23H23N5O8S/c1-27-18-9-6-15(21(29)24-12-14-4-7-16(34-2)8-5-14)10-19(18)37(32,33)28(23(27)31)13-17-11-20(26-36-17)25-22(30)35-3/h4-11H,12-13H2,1-3H3,(H,24,29)(H,25,26,30). The third-order valence-electron chi connectivity index (χ3n) is 5.54. The predicted octanol–water partition coefficient (Wildman–Crippen LogP) is 2.55. The van der Waals surface area contributed by atoms with Crippen LogP contribution in [-0.4, -0.2) is 57.2 Å². The second-order valence-corrected chi connectivity index (χ2v) is 9.69. The fourth-order valence-corrected chi connectivity index (χ4v) is 5.16. The lowest BCUT2D eigenvalue weighted by atomic mass is 10.1. The van der Waals surface area contributed by atoms with Gasteiger partial charge in [-0.1, -0.05) is 17.3 Å². The minimum Gasteiger partial charge on any atom is -0.497 e. The van der Waals surface area contributed by atoms with E-state index < -0.39 is 34.6 Å². The number of hydrogen-bond donors (Lipinski definition) is 2. The number of fused-ring (bicyclic) bond motifs is 1. The van der Waals surface area contributed by atoms with Gasteiger partial charge in [0.25, 0.3) is 15.9 Å². The third-order valence-corrected chi connectivity index (χ3v) is 7.29. The molecule has 0 spiro atoms. The van der Waals surface area contributed by atoms with Gasteiger partial charge >= 0.3 is 12.1 Å². The number of benzene rings is 2. The molecule has 0 unspecified atom stereocenters. The summed E-state index contributed by atoms with van der Waals surface area (Å²) in [6.45, 7) is -0.278. The van der Waals surface area contributed by atoms with Gasteiger partial charge in [-0.05, 0) is 35.9 Å². The van der Waals surface area contributed by atoms with E-state index in [0.29, 0.717) is 10.1 Å². The van der Waals surface area contributed by atoms with Crippen LogP contribution in [-0.2, 0) is 27.8 Å². The molecule has 3 aromatic rings. The highest BCUT2D eigenvalue weighted by Crippen LogP contribution is 2.35. The number of urea groups is 1. The van der Waals surface area contributed by atoms with Crippen molar-refractivity contribution >= 4 is 39.6 Å². The minimum absolute atomic E-state index is 0.00596. The largest absolute Gasteiger partial charge is 0.497 e. The molecule has 0 saturated heterocycles. The van der Waals surface area contributed by atoms with Crippen molar-refractivity contribution < 1.29 is 36.8 Å². The monoisotopic (exact) mass is 529 g/mol. The molecule has 0 fully saturated rings. The van der Waals surface area contributed by atoms with Crippen molar-refractivity contribution in [1.82, 2.24) is 14.8 Å². The topological polar surface area (TPSA) is 160 Å². The summed E-state index contributed by atoms with van der Waals surface area (Å²) in [6, 6.07) is 11.6. The molecule has 0 saturated carbocycles. The lowest BCUT2D eigenvalue weighted by Gasteiger charge is -2.33. The Morgan fingerprint density at radius 2 is 1.81 bits per heavy atom. The van der Waals surface area contributed by atoms with Crippen LogP contribution in [0.2, 0.25) is 0 Å². The van der Waals surface area contributed by atoms with E-state index in [1.54, 1.807) is 31.4 Å². The molecular weight excluding hydrogens is 506 g/mol. The van der Waals surface area contributed by atoms with Crippen LogP contribution in [0.3, 0.4) is 0 Å². The van der Waals surface area contributed by atoms with E-state index in [2.05, 4.69) is 20.5 Å². The van der Waals surface area contributed by atoms with Crippen LogP contribution < -0.4 is 20.3 Å². The van der Waals surface area contributed by atoms with Gasteiger partial charge in [0, 0.05) is 25.2 Å². The number of rotatable bonds is 7. The summed E-state index contributed by atoms with van der Waals surface area (Å²) in [4.78, 5) is 37.9. The molecule has 2 N–H and O–H groups in total. The van der Waals surface area contributed by atoms with Gasteiger partial charge in [0.15, 0.2) is 11.6 Å². The highest BCUT2D eigenvalue weighted by atomic mass is 32.2. The van der Waals surface area contributed by atoms with Crippen LogP contribution in [0, 0.1) is 0 Å². The van der Waals surface area contributed by atoms with E-state index in [4.69, 9.17) is 9.26 Å². The normalized spacial score (nSPS) is 14.1. The van der Waals surface area contributed by atoms with Crippen LogP contribution in [0.1, 0.15) is 21.7 Å². The minimum atomic E-state index is -4.36. The maximum Gasteiger partial charge on any atom is 0.412 e. The second-order valence-electron chi connectivity index (χ2n) is 7.86. The van der Waals surface area contributed by atoms with Gasteiger partial charge in [0.05, 0.1) is 19.9 Å². The van der Waals surface area contributed by atoms with Crippen LogP contribution in [0.5, 0.6) is 5.75 Å². The maximum atomic E-state index is 13.4. The van der Waals surface area contributed by atoms with Gasteiger partial charge in [0.1, 0.15) is 17.2 Å². The molecule has 0 aliphatic carbocycles. The van der Waals surface area contributed by atoms with E-state index in [-0.39, 0.29) is 34.3 Å². The maximum absolute atomic E-state index is 13.4. The Labute approximate surface area is 212 Å². The molecule has 1 aromatic heterocycles. The number of nitrogens with zero attached hydrogens (tertiary/aromatic N) is 3. The first-order valence-corrected chi connectivity index (χ1v) is 12.2. The molecule has 0 radical (unpaired) electrons. The number of anilines is 2. The van der Waals surface area contributed by atoms with Crippen LogP contribution in [0.15, 0.2) is 57.9 Å². The van der Waals surface area contributed by atoms with Gasteiger partial charge in [-0.3, -0.25) is 15.0 Å². The summed E-state index contributed by atoms with van der Waals surface area (Å²) in [5.41, 5.74) is 1.05. The third kappa shape index (κ3) is 5.18. The molecule has 0 atom stereocenters. The van der Waals surface area contributed by atoms with Gasteiger partial charge < -0.3 is 19.3 Å². The second kappa shape index (κ2) is 10.2. The Kier molecular flexibility index (Phi) is 7.02. The smallest absolute Gasteiger partial charge is 0.412 e. The first-order chi connectivity index (χ1) is 17.6. The number of amides is 4. The number of ether oxygens (including phenoxy) is 2. The molecule has 2 aromatic carbocycles. The number of carbonyl (C=O) groups excluding carboxylic acids is 3. The molecule has 4 amide bonds. The highest BCUT2D eigenvalue weighted by Gasteiger charge is 2.41. The number of methoxy groups -OCH3 is 2. The van der Waals surface area contributed by atoms with Crippen molar-refractivity contribution in [3.63, 3.8) is 0 Å². The van der Waals surface area contributed by atoms with Crippen LogP contribution in [0.25, 0.3) is 0 Å². The molecule has 194 valence electrons. The van der Waals surface area contributed by atoms with Crippen LogP contribution >= 0.6 is 0 Å². The Morgan fingerprint density at radius 3 is 2.49 bits per heavy atom. The van der Waals surface area contributed by atoms with Crippen molar-refractivity contribution in [2.24, 2.45) is 0 Å². The predicted molar refractivity (Wildman–Crippen MR) is 130 cm³/mol. The SMILES string of the molecule is COC(=O)Nc1cc(CN2C(=O)N(C)c3ccc(C(=O)NCc4ccc(OC)cc4)cc3S2(=O)=O)on1. The molecule has 0 bridgehead atoms. The van der Waals surface area contributed by atoms with Gasteiger partial charge in [-0.2, -0.15) is 0 Å². The summed E-state index contributed by atoms with van der Waals surface area (Å²) < 4.78 is 42.0. The number of aromatic nitrogens is 1. The molecule has 37 heavy (non-hydrogen) atoms. The first-order valence-electron chi connectivity index (χ1n) is 10.8. The van der Waals surface area contributed by atoms with Gasteiger partial charge in [-0.25, -0.2) is 22.3 Å². The fraction of sp³-hybridized carbons (Fsp3) is 0.217. The summed E-state index contributed by atoms with van der Waals surface area (Å²) in [5.74, 6) is 0.162. The van der Waals surface area contributed by atoms with E-state index in [0.717, 1.165) is 17.6 Å². The average molecular weight is 530 g/mol. The number of sulfonamides is 1. The Hall–Kier alpha value is -4.59. The molecule has 14 heteroatoms. The zero-order chi connectivity index (χ0) is 26.7. The number of carbonyl (C=O) groups is 3. The summed E-state index contributed by atoms with van der Waals surface area (Å²) in [7, 11) is -0.234. The van der Waals surface area contributed by atoms with Gasteiger partial charge in [0.2, 0.25) is 0 Å². The lowest BCUT2D eigenvalue weighted by Crippen LogP contribution is -2.48. The molecular formula is C23H23N5O8S. The van der Waals surface area contributed by atoms with Crippen molar-refractivity contribution in [2.75, 3.05) is 31.5 Å². The van der Waals surface area contributed by atoms with E-state index in [1.807, 2.05) is 0 Å². The van der Waals surface area contributed by atoms with E-state index in [1.165, 1.54) is 31.3 Å². The van der Waals surface area contributed by atoms with Gasteiger partial charge in [-0.15, -0.1) is 0 Å². The Morgan fingerprint density at radius 1 is 1.08 bits per heavy atom. The zero-order valence-electron chi connectivity index (χ0n) is 20.0. The number of nitrogens with one attached hydrogen (secondary N) is 2. The van der Waals surface area contributed by atoms with E-state index >= 15 is 0 Å².